The molecule has 19 heteroatoms. The fourth-order valence-corrected chi connectivity index (χ4v) is 3.34. The molecule has 0 amide bonds. The van der Waals surface area contributed by atoms with Crippen LogP contribution in [0.25, 0.3) is 0 Å². The van der Waals surface area contributed by atoms with E-state index in [0.717, 1.165) is 21.3 Å². The van der Waals surface area contributed by atoms with Crippen LogP contribution < -0.4 is 0 Å². The Kier molecular flexibility index (Phi) is 9.09. The summed E-state index contributed by atoms with van der Waals surface area (Å²) < 4.78 is 186. The smallest absolute Gasteiger partial charge is 0.465 e. The molecule has 0 heterocycles. The van der Waals surface area contributed by atoms with Crippen LogP contribution in [0, 0.1) is 0 Å². The lowest BCUT2D eigenvalue weighted by Gasteiger charge is -2.39. The van der Waals surface area contributed by atoms with Crippen molar-refractivity contribution >= 4 is 14.8 Å². The molecule has 0 unspecified atom stereocenters. The van der Waals surface area contributed by atoms with Gasteiger partial charge in [-0.15, -0.1) is 0 Å². The second-order valence-corrected chi connectivity index (χ2v) is 8.89. The summed E-state index contributed by atoms with van der Waals surface area (Å²) in [5.41, 5.74) is 0. The highest BCUT2D eigenvalue weighted by molar-refractivity contribution is 6.63. The van der Waals surface area contributed by atoms with E-state index in [9.17, 15) is 61.9 Å². The van der Waals surface area contributed by atoms with Crippen molar-refractivity contribution in [3.8, 4) is 0 Å². The summed E-state index contributed by atoms with van der Waals surface area (Å²) in [6, 6.07) is -0.912. The zero-order valence-corrected chi connectivity index (χ0v) is 17.1. The lowest BCUT2D eigenvalue weighted by molar-refractivity contribution is -0.440. The average molecular weight is 526 g/mol. The summed E-state index contributed by atoms with van der Waals surface area (Å²) in [5.74, 6) is -39.0. The Labute approximate surface area is 172 Å². The van der Waals surface area contributed by atoms with Crippen LogP contribution >= 0.6 is 0 Å². The lowest BCUT2D eigenvalue weighted by atomic mass is 9.93. The first-order valence-electron chi connectivity index (χ1n) is 7.80. The number of halogens is 13. The Bertz CT molecular complexity index is 640. The van der Waals surface area contributed by atoms with Gasteiger partial charge in [0.15, 0.2) is 0 Å². The van der Waals surface area contributed by atoms with Crippen molar-refractivity contribution in [2.45, 2.75) is 48.3 Å². The van der Waals surface area contributed by atoms with Gasteiger partial charge < -0.3 is 18.0 Å². The quantitative estimate of drug-likeness (QED) is 0.213. The molecular formula is C13H15F13O5Si. The fourth-order valence-electron chi connectivity index (χ4n) is 1.95. The Morgan fingerprint density at radius 1 is 0.656 bits per heavy atom. The first-order chi connectivity index (χ1) is 14.0. The van der Waals surface area contributed by atoms with Crippen molar-refractivity contribution < 1.29 is 79.9 Å². The summed E-state index contributed by atoms with van der Waals surface area (Å²) in [7, 11) is -0.767. The molecule has 0 spiro atoms. The summed E-state index contributed by atoms with van der Waals surface area (Å²) in [6.45, 7) is -1.86. The molecule has 0 fully saturated rings. The molecule has 0 radical (unpaired) electrons. The van der Waals surface area contributed by atoms with E-state index in [1.807, 2.05) is 0 Å². The molecule has 0 aromatic carbocycles. The van der Waals surface area contributed by atoms with Gasteiger partial charge in [-0.2, -0.15) is 57.1 Å². The van der Waals surface area contributed by atoms with Crippen LogP contribution in [0.5, 0.6) is 0 Å². The molecule has 0 saturated heterocycles. The van der Waals surface area contributed by atoms with Crippen LogP contribution in [-0.2, 0) is 22.8 Å². The fraction of sp³-hybridized carbons (Fsp3) is 0.923. The number of rotatable bonds is 12. The monoisotopic (exact) mass is 526 g/mol. The molecule has 0 aliphatic carbocycles. The number of hydrogen-bond acceptors (Lipinski definition) is 5. The molecule has 0 aromatic rings. The van der Waals surface area contributed by atoms with Gasteiger partial charge in [0.2, 0.25) is 0 Å². The van der Waals surface area contributed by atoms with Gasteiger partial charge in [-0.25, -0.2) is 0 Å². The van der Waals surface area contributed by atoms with Crippen molar-refractivity contribution in [2.75, 3.05) is 27.9 Å². The van der Waals surface area contributed by atoms with Gasteiger partial charge in [-0.3, -0.25) is 4.79 Å². The highest BCUT2D eigenvalue weighted by Gasteiger charge is 2.90. The molecule has 0 rings (SSSR count). The zero-order chi connectivity index (χ0) is 26.0. The average Bonchev–Trinajstić information content (AvgIpc) is 2.64. The minimum absolute atomic E-state index is 0.912. The molecule has 0 aromatic heterocycles. The first kappa shape index (κ1) is 30.7. The van der Waals surface area contributed by atoms with Crippen LogP contribution in [-0.4, -0.2) is 78.5 Å². The number of alkyl halides is 13. The molecule has 0 aliphatic heterocycles. The van der Waals surface area contributed by atoms with Crippen LogP contribution in [0.1, 0.15) is 6.42 Å². The third kappa shape index (κ3) is 5.24. The maximum Gasteiger partial charge on any atom is 0.511 e. The van der Waals surface area contributed by atoms with E-state index in [4.69, 9.17) is 13.3 Å². The molecule has 0 saturated carbocycles. The molecule has 32 heavy (non-hydrogen) atoms. The second-order valence-electron chi connectivity index (χ2n) is 5.94. The Morgan fingerprint density at radius 2 is 1.03 bits per heavy atom. The maximum absolute atomic E-state index is 13.6. The maximum atomic E-state index is 13.6. The van der Waals surface area contributed by atoms with Gasteiger partial charge in [-0.05, 0) is 0 Å². The van der Waals surface area contributed by atoms with Crippen molar-refractivity contribution in [3.63, 3.8) is 0 Å². The number of carbonyl (C=O) groups excluding carboxylic acids is 1. The number of hydrogen-bond donors (Lipinski definition) is 0. The van der Waals surface area contributed by atoms with Gasteiger partial charge >= 0.3 is 50.6 Å². The van der Waals surface area contributed by atoms with E-state index in [0.29, 0.717) is 0 Å². The van der Waals surface area contributed by atoms with E-state index in [-0.39, 0.29) is 0 Å². The lowest BCUT2D eigenvalue weighted by Crippen LogP contribution is -2.70. The summed E-state index contributed by atoms with van der Waals surface area (Å²) in [4.78, 5) is 11.5. The normalized spacial score (nSPS) is 15.1. The molecule has 192 valence electrons. The molecule has 0 bridgehead atoms. The largest absolute Gasteiger partial charge is 0.511 e. The van der Waals surface area contributed by atoms with E-state index >= 15 is 0 Å². The molecule has 0 N–H and O–H groups in total. The molecular weight excluding hydrogens is 511 g/mol. The van der Waals surface area contributed by atoms with Crippen LogP contribution in [0.15, 0.2) is 0 Å². The molecule has 0 aliphatic rings. The summed E-state index contributed by atoms with van der Waals surface area (Å²) in [6.07, 6.45) is -10.1. The van der Waals surface area contributed by atoms with Crippen LogP contribution in [0.4, 0.5) is 57.1 Å². The Balaban J connectivity index is 5.59. The number of ether oxygens (including phenoxy) is 1. The van der Waals surface area contributed by atoms with Gasteiger partial charge in [0.05, 0.1) is 13.0 Å². The van der Waals surface area contributed by atoms with Crippen molar-refractivity contribution in [1.82, 2.24) is 0 Å². The zero-order valence-electron chi connectivity index (χ0n) is 16.1. The van der Waals surface area contributed by atoms with E-state index in [1.165, 1.54) is 0 Å². The van der Waals surface area contributed by atoms with E-state index in [1.54, 1.807) is 0 Å². The minimum Gasteiger partial charge on any atom is -0.465 e. The SMILES string of the molecule is CO[Si](CC(=O)OCCC(F)(F)C(F)(F)C(F)(F)C(F)(F)C(F)(F)C(F)(F)F)(OC)OC. The standard InChI is InChI=1S/C13H15F13O5Si/c1-28-32(29-2,30-3)6-7(27)31-5-4-8(14,15)9(16,17)10(18,19)11(20,21)12(22,23)13(24,25)26/h4-6H2,1-3H3. The highest BCUT2D eigenvalue weighted by atomic mass is 28.4. The molecule has 0 atom stereocenters. The topological polar surface area (TPSA) is 54.0 Å². The van der Waals surface area contributed by atoms with Gasteiger partial charge in [0.1, 0.15) is 6.04 Å². The van der Waals surface area contributed by atoms with Crippen LogP contribution in [0.2, 0.25) is 6.04 Å². The van der Waals surface area contributed by atoms with E-state index in [2.05, 4.69) is 4.74 Å². The van der Waals surface area contributed by atoms with Gasteiger partial charge in [0, 0.05) is 21.3 Å². The second kappa shape index (κ2) is 9.49. The van der Waals surface area contributed by atoms with Gasteiger partial charge in [0.25, 0.3) is 0 Å². The Hall–Kier alpha value is -1.34. The molecule has 5 nitrogen and oxygen atoms in total. The van der Waals surface area contributed by atoms with E-state index < -0.39 is 69.6 Å². The van der Waals surface area contributed by atoms with Crippen molar-refractivity contribution in [2.24, 2.45) is 0 Å². The third-order valence-electron chi connectivity index (χ3n) is 3.97. The highest BCUT2D eigenvalue weighted by Crippen LogP contribution is 2.60. The Morgan fingerprint density at radius 3 is 1.38 bits per heavy atom. The summed E-state index contributed by atoms with van der Waals surface area (Å²) >= 11 is 0. The van der Waals surface area contributed by atoms with Crippen molar-refractivity contribution in [1.29, 1.82) is 0 Å². The predicted molar refractivity (Wildman–Crippen MR) is 78.0 cm³/mol. The first-order valence-corrected chi connectivity index (χ1v) is 9.73. The summed E-state index contributed by atoms with van der Waals surface area (Å²) in [5, 5.41) is 0. The number of esters is 1. The number of carbonyl (C=O) groups is 1. The minimum atomic E-state index is -7.98. The van der Waals surface area contributed by atoms with Gasteiger partial charge in [-0.1, -0.05) is 0 Å². The van der Waals surface area contributed by atoms with Crippen molar-refractivity contribution in [3.05, 3.63) is 0 Å². The predicted octanol–water partition coefficient (Wildman–Crippen LogP) is 4.54. The van der Waals surface area contributed by atoms with Crippen LogP contribution in [0.3, 0.4) is 0 Å². The third-order valence-corrected chi connectivity index (χ3v) is 6.56.